The van der Waals surface area contributed by atoms with Crippen LogP contribution in [0.3, 0.4) is 0 Å². The van der Waals surface area contributed by atoms with Crippen molar-refractivity contribution in [3.8, 4) is 5.75 Å². The molecule has 2 N–H and O–H groups in total. The lowest BCUT2D eigenvalue weighted by Gasteiger charge is -2.21. The van der Waals surface area contributed by atoms with Crippen molar-refractivity contribution in [2.45, 2.75) is 51.1 Å². The van der Waals surface area contributed by atoms with Crippen LogP contribution in [0.4, 0.5) is 0 Å². The second-order valence-electron chi connectivity index (χ2n) is 6.82. The highest BCUT2D eigenvalue weighted by atomic mass is 32.5. The van der Waals surface area contributed by atoms with E-state index in [2.05, 4.69) is 5.09 Å². The van der Waals surface area contributed by atoms with Crippen LogP contribution in [0.2, 0.25) is 0 Å². The third-order valence-corrected chi connectivity index (χ3v) is 6.37. The van der Waals surface area contributed by atoms with E-state index in [1.807, 2.05) is 31.2 Å². The summed E-state index contributed by atoms with van der Waals surface area (Å²) in [5.41, 5.74) is 0.991. The fourth-order valence-electron chi connectivity index (χ4n) is 2.87. The lowest BCUT2D eigenvalue weighted by atomic mass is 10.1. The van der Waals surface area contributed by atoms with Crippen molar-refractivity contribution in [1.82, 2.24) is 5.09 Å². The Labute approximate surface area is 172 Å². The van der Waals surface area contributed by atoms with E-state index >= 15 is 0 Å². The molecule has 160 valence electrons. The van der Waals surface area contributed by atoms with Gasteiger partial charge in [-0.2, -0.15) is 0 Å². The summed E-state index contributed by atoms with van der Waals surface area (Å²) in [5.74, 6) is 0.812. The normalized spacial score (nSPS) is 22.7. The van der Waals surface area contributed by atoms with Gasteiger partial charge in [-0.1, -0.05) is 12.1 Å². The van der Waals surface area contributed by atoms with Crippen molar-refractivity contribution in [2.75, 3.05) is 34.0 Å². The van der Waals surface area contributed by atoms with Crippen LogP contribution < -0.4 is 9.82 Å². The van der Waals surface area contributed by atoms with Crippen LogP contribution in [0.1, 0.15) is 44.5 Å². The molecule has 2 rings (SSSR count). The van der Waals surface area contributed by atoms with Gasteiger partial charge in [0, 0.05) is 25.8 Å². The van der Waals surface area contributed by atoms with Crippen molar-refractivity contribution >= 4 is 18.4 Å². The molecular weight excluding hydrogens is 401 g/mol. The molecule has 1 aromatic rings. The van der Waals surface area contributed by atoms with Gasteiger partial charge in [-0.25, -0.2) is 5.09 Å². The van der Waals surface area contributed by atoms with Gasteiger partial charge in [-0.05, 0) is 56.5 Å². The largest absolute Gasteiger partial charge is 0.497 e. The van der Waals surface area contributed by atoms with E-state index < -0.39 is 6.64 Å². The highest BCUT2D eigenvalue weighted by Gasteiger charge is 2.27. The third kappa shape index (κ3) is 8.43. The van der Waals surface area contributed by atoms with Gasteiger partial charge in [0.15, 0.2) is 6.29 Å². The SMILES string of the molecule is COCCC(C)OP(O)(=S)NCCCCC1COC(c2ccc(OC)cc2)O1. The minimum absolute atomic E-state index is 0.0783. The lowest BCUT2D eigenvalue weighted by molar-refractivity contribution is -0.0613. The van der Waals surface area contributed by atoms with Gasteiger partial charge in [-0.3, -0.25) is 0 Å². The number of benzene rings is 1. The number of hydrogen-bond donors (Lipinski definition) is 2. The molecule has 1 aliphatic rings. The number of rotatable bonds is 13. The van der Waals surface area contributed by atoms with Gasteiger partial charge in [0.25, 0.3) is 6.64 Å². The number of hydrogen-bond acceptors (Lipinski definition) is 6. The molecular formula is C19H32NO6PS. The van der Waals surface area contributed by atoms with Crippen LogP contribution in [0, 0.1) is 0 Å². The molecule has 0 amide bonds. The van der Waals surface area contributed by atoms with Crippen LogP contribution in [-0.2, 0) is 30.5 Å². The number of ether oxygens (including phenoxy) is 4. The Balaban J connectivity index is 1.60. The first-order valence-electron chi connectivity index (χ1n) is 9.60. The maximum absolute atomic E-state index is 10.2. The summed E-state index contributed by atoms with van der Waals surface area (Å²) >= 11 is 5.15. The van der Waals surface area contributed by atoms with E-state index in [4.69, 9.17) is 35.3 Å². The molecule has 0 aromatic heterocycles. The average Bonchev–Trinajstić information content (AvgIpc) is 3.14. The Bertz CT molecular complexity index is 617. The Morgan fingerprint density at radius 1 is 1.29 bits per heavy atom. The Hall–Kier alpha value is -0.570. The van der Waals surface area contributed by atoms with Gasteiger partial charge < -0.3 is 28.4 Å². The summed E-state index contributed by atoms with van der Waals surface area (Å²) in [6.45, 7) is 0.712. The van der Waals surface area contributed by atoms with Crippen molar-refractivity contribution in [2.24, 2.45) is 0 Å². The molecule has 0 spiro atoms. The molecule has 28 heavy (non-hydrogen) atoms. The summed E-state index contributed by atoms with van der Waals surface area (Å²) in [7, 11) is 3.28. The predicted molar refractivity (Wildman–Crippen MR) is 112 cm³/mol. The maximum atomic E-state index is 10.2. The molecule has 4 unspecified atom stereocenters. The molecule has 4 atom stereocenters. The second-order valence-corrected chi connectivity index (χ2v) is 9.87. The Kier molecular flexibility index (Phi) is 10.3. The Morgan fingerprint density at radius 3 is 2.71 bits per heavy atom. The fraction of sp³-hybridized carbons (Fsp3) is 0.684. The third-order valence-electron chi connectivity index (χ3n) is 4.45. The van der Waals surface area contributed by atoms with E-state index in [1.165, 1.54) is 0 Å². The predicted octanol–water partition coefficient (Wildman–Crippen LogP) is 3.53. The fourth-order valence-corrected chi connectivity index (χ4v) is 4.69. The molecule has 0 radical (unpaired) electrons. The van der Waals surface area contributed by atoms with Crippen molar-refractivity contribution in [1.29, 1.82) is 0 Å². The highest BCUT2D eigenvalue weighted by molar-refractivity contribution is 8.08. The molecule has 1 aliphatic heterocycles. The van der Waals surface area contributed by atoms with E-state index in [0.29, 0.717) is 26.2 Å². The zero-order valence-electron chi connectivity index (χ0n) is 16.8. The molecule has 0 bridgehead atoms. The van der Waals surface area contributed by atoms with E-state index in [9.17, 15) is 4.89 Å². The average molecular weight is 434 g/mol. The molecule has 7 nitrogen and oxygen atoms in total. The molecule has 1 aromatic carbocycles. The second kappa shape index (κ2) is 12.2. The molecule has 1 saturated heterocycles. The molecule has 1 heterocycles. The first kappa shape index (κ1) is 23.7. The van der Waals surface area contributed by atoms with Gasteiger partial charge in [0.1, 0.15) is 5.75 Å². The van der Waals surface area contributed by atoms with E-state index in [0.717, 1.165) is 30.6 Å². The summed E-state index contributed by atoms with van der Waals surface area (Å²) < 4.78 is 27.4. The molecule has 1 fully saturated rings. The minimum Gasteiger partial charge on any atom is -0.497 e. The summed E-state index contributed by atoms with van der Waals surface area (Å²) in [5, 5.41) is 2.97. The van der Waals surface area contributed by atoms with Gasteiger partial charge >= 0.3 is 0 Å². The number of nitrogens with one attached hydrogen (secondary N) is 1. The minimum atomic E-state index is -2.95. The van der Waals surface area contributed by atoms with Gasteiger partial charge in [0.2, 0.25) is 0 Å². The maximum Gasteiger partial charge on any atom is 0.258 e. The van der Waals surface area contributed by atoms with Crippen LogP contribution in [-0.4, -0.2) is 51.1 Å². The highest BCUT2D eigenvalue weighted by Crippen LogP contribution is 2.39. The summed E-state index contributed by atoms with van der Waals surface area (Å²) in [6.07, 6.45) is 3.04. The standard InChI is InChI=1S/C19H32NO6PS/c1-15(11-13-22-2)26-27(21,28)20-12-5-4-6-18-14-24-19(25-18)16-7-9-17(23-3)10-8-16/h7-10,15,18-19H,4-6,11-14H2,1-3H3,(H2,20,21,28). The van der Waals surface area contributed by atoms with Crippen LogP contribution in [0.5, 0.6) is 5.75 Å². The quantitative estimate of drug-likeness (QED) is 0.361. The van der Waals surface area contributed by atoms with Crippen LogP contribution >= 0.6 is 6.64 Å². The molecule has 0 aliphatic carbocycles. The molecule has 0 saturated carbocycles. The van der Waals surface area contributed by atoms with E-state index in [1.54, 1.807) is 14.2 Å². The van der Waals surface area contributed by atoms with Crippen molar-refractivity contribution in [3.63, 3.8) is 0 Å². The van der Waals surface area contributed by atoms with Crippen LogP contribution in [0.25, 0.3) is 0 Å². The molecule has 9 heteroatoms. The van der Waals surface area contributed by atoms with Crippen molar-refractivity contribution in [3.05, 3.63) is 29.8 Å². The van der Waals surface area contributed by atoms with Gasteiger partial charge in [-0.15, -0.1) is 0 Å². The lowest BCUT2D eigenvalue weighted by Crippen LogP contribution is -2.19. The number of methoxy groups -OCH3 is 2. The first-order valence-corrected chi connectivity index (χ1v) is 12.3. The summed E-state index contributed by atoms with van der Waals surface area (Å²) in [6, 6.07) is 7.71. The van der Waals surface area contributed by atoms with E-state index in [-0.39, 0.29) is 18.5 Å². The number of unbranched alkanes of at least 4 members (excludes halogenated alkanes) is 1. The topological polar surface area (TPSA) is 78.4 Å². The zero-order chi connectivity index (χ0) is 20.4. The monoisotopic (exact) mass is 433 g/mol. The smallest absolute Gasteiger partial charge is 0.258 e. The first-order chi connectivity index (χ1) is 13.4. The Morgan fingerprint density at radius 2 is 2.04 bits per heavy atom. The van der Waals surface area contributed by atoms with Gasteiger partial charge in [0.05, 0.1) is 25.9 Å². The van der Waals surface area contributed by atoms with Crippen molar-refractivity contribution < 1.29 is 28.4 Å². The zero-order valence-corrected chi connectivity index (χ0v) is 18.5. The van der Waals surface area contributed by atoms with Crippen LogP contribution in [0.15, 0.2) is 24.3 Å². The summed E-state index contributed by atoms with van der Waals surface area (Å²) in [4.78, 5) is 10.2.